The van der Waals surface area contributed by atoms with E-state index in [0.717, 1.165) is 0 Å². The summed E-state index contributed by atoms with van der Waals surface area (Å²) in [6, 6.07) is 2.96. The lowest BCUT2D eigenvalue weighted by Crippen LogP contribution is -2.33. The van der Waals surface area contributed by atoms with Gasteiger partial charge in [0.15, 0.2) is 6.10 Å². The Hall–Kier alpha value is -1.51. The highest BCUT2D eigenvalue weighted by atomic mass is 32.2. The van der Waals surface area contributed by atoms with E-state index in [2.05, 4.69) is 9.71 Å². The Labute approximate surface area is 110 Å². The van der Waals surface area contributed by atoms with E-state index < -0.39 is 28.2 Å². The van der Waals surface area contributed by atoms with Crippen molar-refractivity contribution in [1.29, 1.82) is 0 Å². The van der Waals surface area contributed by atoms with Gasteiger partial charge in [-0.2, -0.15) is 0 Å². The summed E-state index contributed by atoms with van der Waals surface area (Å²) < 4.78 is 31.4. The molecule has 0 amide bonds. The maximum Gasteiger partial charge on any atom is 0.332 e. The fourth-order valence-electron chi connectivity index (χ4n) is 1.83. The van der Waals surface area contributed by atoms with Crippen LogP contribution < -0.4 is 4.72 Å². The summed E-state index contributed by atoms with van der Waals surface area (Å²) in [5.74, 6) is -1.02. The number of nitrogens with zero attached hydrogens (tertiary/aromatic N) is 1. The van der Waals surface area contributed by atoms with Crippen LogP contribution in [0.1, 0.15) is 12.8 Å². The molecule has 2 unspecified atom stereocenters. The van der Waals surface area contributed by atoms with Gasteiger partial charge in [-0.15, -0.1) is 0 Å². The van der Waals surface area contributed by atoms with Crippen molar-refractivity contribution < 1.29 is 23.1 Å². The van der Waals surface area contributed by atoms with Crippen molar-refractivity contribution in [3.05, 3.63) is 24.5 Å². The second kappa shape index (κ2) is 5.64. The Kier molecular flexibility index (Phi) is 4.13. The molecule has 7 nitrogen and oxygen atoms in total. The normalized spacial score (nSPS) is 23.4. The molecule has 1 saturated heterocycles. The van der Waals surface area contributed by atoms with Crippen molar-refractivity contribution in [2.45, 2.75) is 29.9 Å². The second-order valence-electron chi connectivity index (χ2n) is 4.20. The minimum atomic E-state index is -3.63. The Morgan fingerprint density at radius 3 is 2.89 bits per heavy atom. The molecule has 0 aromatic carbocycles. The first-order valence-corrected chi connectivity index (χ1v) is 7.25. The molecular formula is C11H14N2O5S. The number of ether oxygens (including phenoxy) is 1. The lowest BCUT2D eigenvalue weighted by atomic mass is 10.2. The monoisotopic (exact) mass is 286 g/mol. The Morgan fingerprint density at radius 2 is 2.32 bits per heavy atom. The number of aliphatic carboxylic acids is 1. The van der Waals surface area contributed by atoms with E-state index in [9.17, 15) is 13.2 Å². The predicted octanol–water partition coefficient (Wildman–Crippen LogP) is -0.00790. The average Bonchev–Trinajstić information content (AvgIpc) is 2.87. The van der Waals surface area contributed by atoms with Crippen LogP contribution >= 0.6 is 0 Å². The first kappa shape index (κ1) is 13.9. The smallest absolute Gasteiger partial charge is 0.332 e. The van der Waals surface area contributed by atoms with Crippen LogP contribution in [0.3, 0.4) is 0 Å². The quantitative estimate of drug-likeness (QED) is 0.788. The number of carboxylic acid groups (broad SMARTS) is 1. The highest BCUT2D eigenvalue weighted by Gasteiger charge is 2.31. The van der Waals surface area contributed by atoms with Crippen molar-refractivity contribution in [2.75, 3.05) is 6.54 Å². The Balaban J connectivity index is 1.91. The first-order valence-electron chi connectivity index (χ1n) is 5.77. The molecule has 104 valence electrons. The number of rotatable bonds is 5. The highest BCUT2D eigenvalue weighted by molar-refractivity contribution is 7.89. The molecule has 1 fully saturated rings. The third-order valence-corrected chi connectivity index (χ3v) is 4.24. The van der Waals surface area contributed by atoms with Crippen molar-refractivity contribution in [3.8, 4) is 0 Å². The summed E-state index contributed by atoms with van der Waals surface area (Å²) >= 11 is 0. The van der Waals surface area contributed by atoms with E-state index in [0.29, 0.717) is 12.8 Å². The van der Waals surface area contributed by atoms with Crippen molar-refractivity contribution >= 4 is 16.0 Å². The van der Waals surface area contributed by atoms with Gasteiger partial charge >= 0.3 is 5.97 Å². The number of carboxylic acids is 1. The average molecular weight is 286 g/mol. The van der Waals surface area contributed by atoms with Gasteiger partial charge in [0.25, 0.3) is 0 Å². The molecule has 2 N–H and O–H groups in total. The molecule has 1 aliphatic rings. The number of carbonyl (C=O) groups is 1. The molecule has 1 aromatic rings. The van der Waals surface area contributed by atoms with Crippen LogP contribution in [-0.4, -0.2) is 43.2 Å². The fourth-order valence-corrected chi connectivity index (χ4v) is 2.86. The van der Waals surface area contributed by atoms with Gasteiger partial charge in [0.2, 0.25) is 10.0 Å². The molecule has 2 heterocycles. The van der Waals surface area contributed by atoms with E-state index in [1.54, 1.807) is 0 Å². The number of aromatic nitrogens is 1. The third kappa shape index (κ3) is 3.49. The first-order chi connectivity index (χ1) is 8.99. The number of hydrogen-bond donors (Lipinski definition) is 2. The molecule has 0 bridgehead atoms. The van der Waals surface area contributed by atoms with Crippen LogP contribution in [0.15, 0.2) is 29.4 Å². The number of pyridine rings is 1. The van der Waals surface area contributed by atoms with E-state index in [4.69, 9.17) is 9.84 Å². The predicted molar refractivity (Wildman–Crippen MR) is 65.0 cm³/mol. The lowest BCUT2D eigenvalue weighted by Gasteiger charge is -2.12. The molecule has 0 spiro atoms. The SMILES string of the molecule is O=C(O)C1CCC(CNS(=O)(=O)c2cccnc2)O1. The standard InChI is InChI=1S/C11H14N2O5S/c14-11(15)10-4-3-8(18-10)6-13-19(16,17)9-2-1-5-12-7-9/h1-2,5,7-8,10,13H,3-4,6H2,(H,14,15). The van der Waals surface area contributed by atoms with Crippen LogP contribution in [0.25, 0.3) is 0 Å². The Bertz CT molecular complexity index is 545. The van der Waals surface area contributed by atoms with Crippen molar-refractivity contribution in [3.63, 3.8) is 0 Å². The minimum Gasteiger partial charge on any atom is -0.479 e. The topological polar surface area (TPSA) is 106 Å². The summed E-state index contributed by atoms with van der Waals surface area (Å²) in [6.07, 6.45) is 2.40. The number of nitrogens with one attached hydrogen (secondary N) is 1. The maximum absolute atomic E-state index is 11.9. The summed E-state index contributed by atoms with van der Waals surface area (Å²) in [6.45, 7) is 0.0566. The van der Waals surface area contributed by atoms with E-state index >= 15 is 0 Å². The van der Waals surface area contributed by atoms with Crippen LogP contribution in [-0.2, 0) is 19.6 Å². The van der Waals surface area contributed by atoms with Crippen LogP contribution in [0, 0.1) is 0 Å². The zero-order valence-corrected chi connectivity index (χ0v) is 10.8. The number of hydrogen-bond acceptors (Lipinski definition) is 5. The molecule has 2 rings (SSSR count). The molecule has 2 atom stereocenters. The molecule has 0 saturated carbocycles. The largest absolute Gasteiger partial charge is 0.479 e. The summed E-state index contributed by atoms with van der Waals surface area (Å²) in [5.41, 5.74) is 0. The summed E-state index contributed by atoms with van der Waals surface area (Å²) in [7, 11) is -3.63. The summed E-state index contributed by atoms with van der Waals surface area (Å²) in [4.78, 5) is 14.5. The van der Waals surface area contributed by atoms with Gasteiger partial charge in [-0.05, 0) is 25.0 Å². The van der Waals surface area contributed by atoms with Gasteiger partial charge in [-0.3, -0.25) is 4.98 Å². The van der Waals surface area contributed by atoms with Crippen molar-refractivity contribution in [1.82, 2.24) is 9.71 Å². The third-order valence-electron chi connectivity index (χ3n) is 2.83. The highest BCUT2D eigenvalue weighted by Crippen LogP contribution is 2.19. The maximum atomic E-state index is 11.9. The second-order valence-corrected chi connectivity index (χ2v) is 5.97. The van der Waals surface area contributed by atoms with Crippen LogP contribution in [0.5, 0.6) is 0 Å². The molecular weight excluding hydrogens is 272 g/mol. The number of sulfonamides is 1. The van der Waals surface area contributed by atoms with Gasteiger partial charge in [-0.1, -0.05) is 0 Å². The fraction of sp³-hybridized carbons (Fsp3) is 0.455. The molecule has 8 heteroatoms. The van der Waals surface area contributed by atoms with Gasteiger partial charge in [-0.25, -0.2) is 17.9 Å². The minimum absolute atomic E-state index is 0.0566. The van der Waals surface area contributed by atoms with Gasteiger partial charge in [0.05, 0.1) is 6.10 Å². The zero-order valence-electron chi connectivity index (χ0n) is 10.0. The van der Waals surface area contributed by atoms with Gasteiger partial charge < -0.3 is 9.84 Å². The van der Waals surface area contributed by atoms with Gasteiger partial charge in [0.1, 0.15) is 4.90 Å². The van der Waals surface area contributed by atoms with E-state index in [1.165, 1.54) is 24.5 Å². The van der Waals surface area contributed by atoms with Gasteiger partial charge in [0, 0.05) is 18.9 Å². The Morgan fingerprint density at radius 1 is 1.53 bits per heavy atom. The molecule has 0 radical (unpaired) electrons. The van der Waals surface area contributed by atoms with E-state index in [1.807, 2.05) is 0 Å². The van der Waals surface area contributed by atoms with Crippen molar-refractivity contribution in [2.24, 2.45) is 0 Å². The molecule has 1 aliphatic heterocycles. The van der Waals surface area contributed by atoms with E-state index in [-0.39, 0.29) is 11.4 Å². The van der Waals surface area contributed by atoms with Crippen LogP contribution in [0.4, 0.5) is 0 Å². The molecule has 19 heavy (non-hydrogen) atoms. The lowest BCUT2D eigenvalue weighted by molar-refractivity contribution is -0.149. The van der Waals surface area contributed by atoms with Crippen LogP contribution in [0.2, 0.25) is 0 Å². The molecule has 0 aliphatic carbocycles. The zero-order chi connectivity index (χ0) is 13.9. The summed E-state index contributed by atoms with van der Waals surface area (Å²) in [5, 5.41) is 8.77. The molecule has 1 aromatic heterocycles.